The predicted molar refractivity (Wildman–Crippen MR) is 86.4 cm³/mol. The van der Waals surface area contributed by atoms with Crippen LogP contribution in [0.25, 0.3) is 0 Å². The van der Waals surface area contributed by atoms with Gasteiger partial charge in [0.1, 0.15) is 0 Å². The number of aromatic nitrogens is 1. The Kier molecular flexibility index (Phi) is 4.81. The van der Waals surface area contributed by atoms with Crippen molar-refractivity contribution in [3.05, 3.63) is 71.2 Å². The van der Waals surface area contributed by atoms with E-state index in [0.717, 1.165) is 6.42 Å². The fourth-order valence-electron chi connectivity index (χ4n) is 2.73. The van der Waals surface area contributed by atoms with Gasteiger partial charge in [0.05, 0.1) is 0 Å². The van der Waals surface area contributed by atoms with Gasteiger partial charge in [0.25, 0.3) is 5.69 Å². The molecule has 116 valence electrons. The molecule has 0 fully saturated rings. The molecule has 0 spiro atoms. The van der Waals surface area contributed by atoms with Crippen LogP contribution in [0.2, 0.25) is 0 Å². The highest BCUT2D eigenvalue weighted by atomic mass is 16.5. The number of hydrogen-bond acceptors (Lipinski definition) is 2. The minimum Gasteiger partial charge on any atom is -0.618 e. The maximum Gasteiger partial charge on any atom is 0.317 e. The molecule has 1 heterocycles. The summed E-state index contributed by atoms with van der Waals surface area (Å²) in [4.78, 5) is 12.2. The van der Waals surface area contributed by atoms with E-state index in [2.05, 4.69) is 31.3 Å². The van der Waals surface area contributed by atoms with Crippen molar-refractivity contribution in [2.45, 2.75) is 38.6 Å². The third kappa shape index (κ3) is 3.85. The fraction of sp³-hybridized carbons (Fsp3) is 0.333. The number of amides is 1. The molecule has 2 rings (SSSR count). The Balaban J connectivity index is 2.02. The first-order valence-electron chi connectivity index (χ1n) is 7.45. The smallest absolute Gasteiger partial charge is 0.317 e. The van der Waals surface area contributed by atoms with Gasteiger partial charge in [0, 0.05) is 18.2 Å². The first-order valence-corrected chi connectivity index (χ1v) is 7.45. The number of nitrogens with one attached hydrogen (secondary N) is 1. The van der Waals surface area contributed by atoms with Crippen molar-refractivity contribution in [1.29, 1.82) is 0 Å². The van der Waals surface area contributed by atoms with Gasteiger partial charge in [-0.1, -0.05) is 44.2 Å². The number of carbonyl (C=O) groups excluding carboxylic acids is 1. The predicted octanol–water partition coefficient (Wildman–Crippen LogP) is 2.81. The first kappa shape index (κ1) is 16.0. The summed E-state index contributed by atoms with van der Waals surface area (Å²) in [7, 11) is 0. The van der Waals surface area contributed by atoms with Crippen LogP contribution in [0.5, 0.6) is 0 Å². The average molecular weight is 298 g/mol. The summed E-state index contributed by atoms with van der Waals surface area (Å²) in [5, 5.41) is 14.5. The van der Waals surface area contributed by atoms with E-state index in [9.17, 15) is 10.0 Å². The fourth-order valence-corrected chi connectivity index (χ4v) is 2.73. The summed E-state index contributed by atoms with van der Waals surface area (Å²) in [5.41, 5.74) is 1.29. The number of hydrogen-bond donors (Lipinski definition) is 1. The molecule has 4 heteroatoms. The van der Waals surface area contributed by atoms with Crippen molar-refractivity contribution in [2.75, 3.05) is 0 Å². The molecule has 0 aliphatic rings. The Morgan fingerprint density at radius 2 is 1.82 bits per heavy atom. The summed E-state index contributed by atoms with van der Waals surface area (Å²) in [6, 6.07) is 15.0. The van der Waals surface area contributed by atoms with E-state index < -0.39 is 0 Å². The summed E-state index contributed by atoms with van der Waals surface area (Å²) < 4.78 is 0.588. The molecule has 2 aromatic rings. The zero-order valence-corrected chi connectivity index (χ0v) is 13.2. The number of nitrogens with zero attached hydrogens (tertiary/aromatic N) is 1. The first-order chi connectivity index (χ1) is 10.4. The molecule has 1 aromatic heterocycles. The van der Waals surface area contributed by atoms with Crippen molar-refractivity contribution >= 4 is 5.91 Å². The SMILES string of the molecule is C[C@@H](CC(C)(C)c1ccccc1)NC(=O)c1cccc[n+]1[O-]. The van der Waals surface area contributed by atoms with Gasteiger partial charge in [0.2, 0.25) is 0 Å². The van der Waals surface area contributed by atoms with E-state index in [0.29, 0.717) is 4.73 Å². The van der Waals surface area contributed by atoms with Crippen molar-refractivity contribution < 1.29 is 9.52 Å². The van der Waals surface area contributed by atoms with Gasteiger partial charge in [-0.2, -0.15) is 4.73 Å². The van der Waals surface area contributed by atoms with Crippen LogP contribution in [0.15, 0.2) is 54.7 Å². The lowest BCUT2D eigenvalue weighted by atomic mass is 9.79. The molecule has 0 unspecified atom stereocenters. The monoisotopic (exact) mass is 298 g/mol. The van der Waals surface area contributed by atoms with Gasteiger partial charge in [-0.05, 0) is 30.4 Å². The van der Waals surface area contributed by atoms with Gasteiger partial charge in [-0.25, -0.2) is 0 Å². The molecule has 0 aliphatic carbocycles. The number of rotatable bonds is 5. The third-order valence-electron chi connectivity index (χ3n) is 3.81. The van der Waals surface area contributed by atoms with E-state index in [1.807, 2.05) is 25.1 Å². The Bertz CT molecular complexity index is 639. The number of pyridine rings is 1. The molecule has 0 saturated heterocycles. The van der Waals surface area contributed by atoms with Crippen LogP contribution in [0.3, 0.4) is 0 Å². The highest BCUT2D eigenvalue weighted by Crippen LogP contribution is 2.28. The van der Waals surface area contributed by atoms with Crippen LogP contribution in [0.4, 0.5) is 0 Å². The van der Waals surface area contributed by atoms with Crippen molar-refractivity contribution in [1.82, 2.24) is 5.32 Å². The third-order valence-corrected chi connectivity index (χ3v) is 3.81. The van der Waals surface area contributed by atoms with E-state index in [-0.39, 0.29) is 23.1 Å². The Morgan fingerprint density at radius 1 is 1.18 bits per heavy atom. The largest absolute Gasteiger partial charge is 0.618 e. The highest BCUT2D eigenvalue weighted by Gasteiger charge is 2.25. The summed E-state index contributed by atoms with van der Waals surface area (Å²) in [6.45, 7) is 6.27. The minimum absolute atomic E-state index is 0.0390. The van der Waals surface area contributed by atoms with Crippen molar-refractivity contribution in [2.24, 2.45) is 0 Å². The van der Waals surface area contributed by atoms with Crippen molar-refractivity contribution in [3.8, 4) is 0 Å². The Morgan fingerprint density at radius 3 is 2.45 bits per heavy atom. The lowest BCUT2D eigenvalue weighted by molar-refractivity contribution is -0.607. The maximum absolute atomic E-state index is 12.2. The van der Waals surface area contributed by atoms with Gasteiger partial charge < -0.3 is 10.5 Å². The van der Waals surface area contributed by atoms with Crippen LogP contribution in [-0.2, 0) is 5.41 Å². The topological polar surface area (TPSA) is 56.0 Å². The highest BCUT2D eigenvalue weighted by molar-refractivity contribution is 5.91. The van der Waals surface area contributed by atoms with Gasteiger partial charge in [0.15, 0.2) is 6.20 Å². The normalized spacial score (nSPS) is 12.7. The van der Waals surface area contributed by atoms with Crippen LogP contribution in [-0.4, -0.2) is 11.9 Å². The zero-order valence-electron chi connectivity index (χ0n) is 13.2. The maximum atomic E-state index is 12.2. The Labute approximate surface area is 131 Å². The molecule has 1 aromatic carbocycles. The quantitative estimate of drug-likeness (QED) is 0.681. The molecular formula is C18H22N2O2. The number of benzene rings is 1. The minimum atomic E-state index is -0.341. The average Bonchev–Trinajstić information content (AvgIpc) is 2.47. The van der Waals surface area contributed by atoms with E-state index in [4.69, 9.17) is 0 Å². The number of carbonyl (C=O) groups is 1. The molecule has 1 atom stereocenters. The van der Waals surface area contributed by atoms with Gasteiger partial charge in [-0.3, -0.25) is 4.79 Å². The van der Waals surface area contributed by atoms with Crippen LogP contribution < -0.4 is 10.0 Å². The summed E-state index contributed by atoms with van der Waals surface area (Å²) in [5.74, 6) is -0.341. The summed E-state index contributed by atoms with van der Waals surface area (Å²) in [6.07, 6.45) is 2.11. The molecule has 22 heavy (non-hydrogen) atoms. The summed E-state index contributed by atoms with van der Waals surface area (Å²) >= 11 is 0. The van der Waals surface area contributed by atoms with E-state index >= 15 is 0 Å². The zero-order chi connectivity index (χ0) is 16.2. The standard InChI is InChI=1S/C18H22N2O2/c1-14(13-18(2,3)15-9-5-4-6-10-15)19-17(21)16-11-7-8-12-20(16)22/h4-12,14H,13H2,1-3H3,(H,19,21)/t14-/m0/s1. The molecule has 0 saturated carbocycles. The molecule has 4 nitrogen and oxygen atoms in total. The van der Waals surface area contributed by atoms with Gasteiger partial charge in [-0.15, -0.1) is 0 Å². The Hall–Kier alpha value is -2.36. The molecule has 0 aliphatic heterocycles. The molecule has 0 radical (unpaired) electrons. The van der Waals surface area contributed by atoms with Gasteiger partial charge >= 0.3 is 5.91 Å². The lowest BCUT2D eigenvalue weighted by Gasteiger charge is -2.29. The second-order valence-electron chi connectivity index (χ2n) is 6.24. The molecule has 1 amide bonds. The van der Waals surface area contributed by atoms with Crippen LogP contribution >= 0.6 is 0 Å². The van der Waals surface area contributed by atoms with E-state index in [1.165, 1.54) is 17.8 Å². The lowest BCUT2D eigenvalue weighted by Crippen LogP contribution is -2.43. The molecular weight excluding hydrogens is 276 g/mol. The molecule has 0 bridgehead atoms. The second kappa shape index (κ2) is 6.60. The van der Waals surface area contributed by atoms with Crippen LogP contribution in [0.1, 0.15) is 43.2 Å². The molecule has 1 N–H and O–H groups in total. The van der Waals surface area contributed by atoms with Crippen LogP contribution in [0, 0.1) is 5.21 Å². The van der Waals surface area contributed by atoms with Crippen molar-refractivity contribution in [3.63, 3.8) is 0 Å². The van der Waals surface area contributed by atoms with E-state index in [1.54, 1.807) is 12.1 Å². The second-order valence-corrected chi connectivity index (χ2v) is 6.24.